The third-order valence-corrected chi connectivity index (χ3v) is 6.14. The molecule has 3 heterocycles. The van der Waals surface area contributed by atoms with Crippen LogP contribution < -0.4 is 9.64 Å². The zero-order valence-corrected chi connectivity index (χ0v) is 17.5. The van der Waals surface area contributed by atoms with Crippen molar-refractivity contribution >= 4 is 11.7 Å². The van der Waals surface area contributed by atoms with Crippen molar-refractivity contribution in [3.05, 3.63) is 53.7 Å². The van der Waals surface area contributed by atoms with Crippen LogP contribution in [0.5, 0.6) is 5.75 Å². The van der Waals surface area contributed by atoms with E-state index in [9.17, 15) is 4.79 Å². The number of hydrogen-bond acceptors (Lipinski definition) is 4. The van der Waals surface area contributed by atoms with E-state index >= 15 is 0 Å². The molecule has 1 amide bonds. The summed E-state index contributed by atoms with van der Waals surface area (Å²) in [5.41, 5.74) is 2.41. The average Bonchev–Trinajstić information content (AvgIpc) is 2.76. The minimum atomic E-state index is 0.145. The molecule has 5 nitrogen and oxygen atoms in total. The van der Waals surface area contributed by atoms with E-state index in [1.807, 2.05) is 18.3 Å². The van der Waals surface area contributed by atoms with Gasteiger partial charge < -0.3 is 14.5 Å². The Morgan fingerprint density at radius 3 is 2.17 bits per heavy atom. The Balaban J connectivity index is 1.23. The topological polar surface area (TPSA) is 45.7 Å². The number of amides is 1. The lowest BCUT2D eigenvalue weighted by atomic mass is 9.94. The van der Waals surface area contributed by atoms with Crippen molar-refractivity contribution in [2.24, 2.45) is 5.92 Å². The van der Waals surface area contributed by atoms with Gasteiger partial charge in [0.25, 0.3) is 0 Å². The normalized spacial score (nSPS) is 18.7. The molecule has 154 valence electrons. The zero-order chi connectivity index (χ0) is 20.2. The second kappa shape index (κ2) is 8.85. The molecule has 1 aromatic carbocycles. The van der Waals surface area contributed by atoms with Crippen LogP contribution in [0.25, 0.3) is 0 Å². The van der Waals surface area contributed by atoms with Gasteiger partial charge >= 0.3 is 0 Å². The minimum Gasteiger partial charge on any atom is -0.490 e. The first-order chi connectivity index (χ1) is 14.1. The number of likely N-dealkylation sites (tertiary alicyclic amines) is 1. The smallest absolute Gasteiger partial charge is 0.225 e. The molecule has 0 unspecified atom stereocenters. The molecule has 5 heteroatoms. The first kappa shape index (κ1) is 19.7. The Morgan fingerprint density at radius 2 is 1.55 bits per heavy atom. The number of nitrogens with zero attached hydrogens (tertiary/aromatic N) is 3. The van der Waals surface area contributed by atoms with Gasteiger partial charge in [0.2, 0.25) is 5.91 Å². The van der Waals surface area contributed by atoms with Crippen molar-refractivity contribution in [1.82, 2.24) is 9.88 Å². The molecule has 2 aliphatic heterocycles. The molecule has 29 heavy (non-hydrogen) atoms. The largest absolute Gasteiger partial charge is 0.490 e. The van der Waals surface area contributed by atoms with Crippen LogP contribution in [-0.4, -0.2) is 48.1 Å². The number of aromatic nitrogens is 1. The number of carbonyl (C=O) groups excluding carboxylic acids is 1. The summed E-state index contributed by atoms with van der Waals surface area (Å²) in [5, 5.41) is 0. The summed E-state index contributed by atoms with van der Waals surface area (Å²) in [4.78, 5) is 21.9. The van der Waals surface area contributed by atoms with Crippen molar-refractivity contribution in [2.45, 2.75) is 45.6 Å². The third kappa shape index (κ3) is 4.89. The molecule has 0 bridgehead atoms. The minimum absolute atomic E-state index is 0.145. The van der Waals surface area contributed by atoms with E-state index in [-0.39, 0.29) is 12.0 Å². The third-order valence-electron chi connectivity index (χ3n) is 6.14. The van der Waals surface area contributed by atoms with Crippen LogP contribution in [0.15, 0.2) is 42.6 Å². The molecule has 2 fully saturated rings. The molecule has 2 aliphatic rings. The summed E-state index contributed by atoms with van der Waals surface area (Å²) in [6.07, 6.45) is 5.76. The molecule has 0 radical (unpaired) electrons. The number of carbonyl (C=O) groups is 1. The van der Waals surface area contributed by atoms with Crippen LogP contribution in [0, 0.1) is 19.8 Å². The average molecular weight is 394 g/mol. The Hall–Kier alpha value is -2.56. The lowest BCUT2D eigenvalue weighted by molar-refractivity contribution is -0.138. The lowest BCUT2D eigenvalue weighted by Crippen LogP contribution is -2.47. The molecule has 2 aromatic rings. The summed E-state index contributed by atoms with van der Waals surface area (Å²) in [5.74, 6) is 2.43. The predicted octanol–water partition coefficient (Wildman–Crippen LogP) is 3.98. The Labute approximate surface area is 173 Å². The number of aryl methyl sites for hydroxylation is 2. The number of benzene rings is 1. The van der Waals surface area contributed by atoms with E-state index in [2.05, 4.69) is 52.9 Å². The van der Waals surface area contributed by atoms with Crippen molar-refractivity contribution in [2.75, 3.05) is 31.1 Å². The molecule has 0 N–H and O–H groups in total. The van der Waals surface area contributed by atoms with Crippen LogP contribution in [-0.2, 0) is 4.79 Å². The Kier molecular flexibility index (Phi) is 6.02. The van der Waals surface area contributed by atoms with Crippen LogP contribution in [0.3, 0.4) is 0 Å². The maximum Gasteiger partial charge on any atom is 0.225 e. The molecule has 2 saturated heterocycles. The number of rotatable bonds is 4. The monoisotopic (exact) mass is 393 g/mol. The predicted molar refractivity (Wildman–Crippen MR) is 115 cm³/mol. The SMILES string of the molecule is Cc1ccc(OC2CCN(C(=O)C3CCN(c4ccc(C)cn4)CC3)CC2)cc1. The van der Waals surface area contributed by atoms with E-state index in [1.165, 1.54) is 11.1 Å². The standard InChI is InChI=1S/C24H31N3O2/c1-18-3-6-21(7-4-18)29-22-11-15-27(16-12-22)24(28)20-9-13-26(14-10-20)23-8-5-19(2)17-25-23/h3-8,17,20,22H,9-16H2,1-2H3. The maximum absolute atomic E-state index is 13.0. The van der Waals surface area contributed by atoms with Crippen LogP contribution in [0.2, 0.25) is 0 Å². The second-order valence-electron chi connectivity index (χ2n) is 8.41. The quantitative estimate of drug-likeness (QED) is 0.788. The highest BCUT2D eigenvalue weighted by Gasteiger charge is 2.31. The summed E-state index contributed by atoms with van der Waals surface area (Å²) in [7, 11) is 0. The van der Waals surface area contributed by atoms with Crippen molar-refractivity contribution in [3.8, 4) is 5.75 Å². The molecule has 0 spiro atoms. The van der Waals surface area contributed by atoms with Gasteiger partial charge in [-0.05, 0) is 50.5 Å². The van der Waals surface area contributed by atoms with Crippen molar-refractivity contribution in [1.29, 1.82) is 0 Å². The number of piperidine rings is 2. The Morgan fingerprint density at radius 1 is 0.897 bits per heavy atom. The lowest BCUT2D eigenvalue weighted by Gasteiger charge is -2.37. The second-order valence-corrected chi connectivity index (χ2v) is 8.41. The number of pyridine rings is 1. The molecule has 1 aromatic heterocycles. The van der Waals surface area contributed by atoms with E-state index in [1.54, 1.807) is 0 Å². The molecule has 0 atom stereocenters. The molecular weight excluding hydrogens is 362 g/mol. The fourth-order valence-electron chi connectivity index (χ4n) is 4.26. The molecule has 0 aliphatic carbocycles. The van der Waals surface area contributed by atoms with Crippen LogP contribution >= 0.6 is 0 Å². The summed E-state index contributed by atoms with van der Waals surface area (Å²) in [6.45, 7) is 7.54. The molecule has 4 rings (SSSR count). The van der Waals surface area contributed by atoms with Gasteiger partial charge in [-0.25, -0.2) is 4.98 Å². The van der Waals surface area contributed by atoms with Crippen LogP contribution in [0.1, 0.15) is 36.8 Å². The van der Waals surface area contributed by atoms with Crippen molar-refractivity contribution in [3.63, 3.8) is 0 Å². The van der Waals surface area contributed by atoms with Gasteiger partial charge in [0.1, 0.15) is 17.7 Å². The molecular formula is C24H31N3O2. The van der Waals surface area contributed by atoms with Crippen LogP contribution in [0.4, 0.5) is 5.82 Å². The van der Waals surface area contributed by atoms with E-state index in [0.29, 0.717) is 5.91 Å². The van der Waals surface area contributed by atoms with Gasteiger partial charge in [-0.1, -0.05) is 23.8 Å². The van der Waals surface area contributed by atoms with E-state index < -0.39 is 0 Å². The van der Waals surface area contributed by atoms with E-state index in [0.717, 1.165) is 63.4 Å². The van der Waals surface area contributed by atoms with Gasteiger partial charge in [0.15, 0.2) is 0 Å². The number of anilines is 1. The van der Waals surface area contributed by atoms with Gasteiger partial charge in [0, 0.05) is 51.1 Å². The highest BCUT2D eigenvalue weighted by Crippen LogP contribution is 2.26. The highest BCUT2D eigenvalue weighted by atomic mass is 16.5. The summed E-state index contributed by atoms with van der Waals surface area (Å²) < 4.78 is 6.10. The fourth-order valence-corrected chi connectivity index (χ4v) is 4.26. The van der Waals surface area contributed by atoms with Crippen molar-refractivity contribution < 1.29 is 9.53 Å². The maximum atomic E-state index is 13.0. The van der Waals surface area contributed by atoms with Gasteiger partial charge in [-0.2, -0.15) is 0 Å². The first-order valence-electron chi connectivity index (χ1n) is 10.8. The summed E-state index contributed by atoms with van der Waals surface area (Å²) >= 11 is 0. The fraction of sp³-hybridized carbons (Fsp3) is 0.500. The first-order valence-corrected chi connectivity index (χ1v) is 10.8. The van der Waals surface area contributed by atoms with Gasteiger partial charge in [-0.15, -0.1) is 0 Å². The molecule has 0 saturated carbocycles. The number of hydrogen-bond donors (Lipinski definition) is 0. The zero-order valence-electron chi connectivity index (χ0n) is 17.5. The summed E-state index contributed by atoms with van der Waals surface area (Å²) in [6, 6.07) is 12.4. The van der Waals surface area contributed by atoms with Gasteiger partial charge in [-0.3, -0.25) is 4.79 Å². The van der Waals surface area contributed by atoms with E-state index in [4.69, 9.17) is 4.74 Å². The highest BCUT2D eigenvalue weighted by molar-refractivity contribution is 5.79. The van der Waals surface area contributed by atoms with Gasteiger partial charge in [0.05, 0.1) is 0 Å². The number of ether oxygens (including phenoxy) is 1. The Bertz CT molecular complexity index is 803.